The van der Waals surface area contributed by atoms with Gasteiger partial charge in [-0.2, -0.15) is 0 Å². The summed E-state index contributed by atoms with van der Waals surface area (Å²) in [6.45, 7) is 3.28. The van der Waals surface area contributed by atoms with Gasteiger partial charge in [0.15, 0.2) is 0 Å². The van der Waals surface area contributed by atoms with Crippen LogP contribution in [-0.4, -0.2) is 34.1 Å². The molecule has 24 heavy (non-hydrogen) atoms. The topological polar surface area (TPSA) is 62.7 Å². The van der Waals surface area contributed by atoms with Crippen molar-refractivity contribution >= 4 is 11.3 Å². The van der Waals surface area contributed by atoms with Crippen LogP contribution < -0.4 is 10.6 Å². The normalized spacial score (nSPS) is 21.2. The average molecular weight is 344 g/mol. The molecule has 6 heteroatoms. The van der Waals surface area contributed by atoms with E-state index in [1.165, 1.54) is 51.6 Å². The molecule has 2 fully saturated rings. The van der Waals surface area contributed by atoms with Gasteiger partial charge in [0.25, 0.3) is 0 Å². The Hall–Kier alpha value is -1.37. The first kappa shape index (κ1) is 16.1. The summed E-state index contributed by atoms with van der Waals surface area (Å²) in [5, 5.41) is 10.3. The molecule has 1 aliphatic carbocycles. The number of nitrogens with one attached hydrogen (secondary N) is 2. The van der Waals surface area contributed by atoms with Crippen molar-refractivity contribution in [3.63, 3.8) is 0 Å². The van der Waals surface area contributed by atoms with Gasteiger partial charge in [-0.05, 0) is 57.0 Å². The smallest absolute Gasteiger partial charge is 0.143 e. The minimum Gasteiger partial charge on any atom is -0.317 e. The lowest BCUT2D eigenvalue weighted by molar-refractivity contribution is 0.115. The van der Waals surface area contributed by atoms with Gasteiger partial charge in [-0.3, -0.25) is 9.97 Å². The summed E-state index contributed by atoms with van der Waals surface area (Å²) >= 11 is 1.65. The van der Waals surface area contributed by atoms with Crippen molar-refractivity contribution in [3.8, 4) is 10.7 Å². The number of rotatable bonds is 4. The zero-order valence-corrected chi connectivity index (χ0v) is 14.8. The summed E-state index contributed by atoms with van der Waals surface area (Å²) in [6.07, 6.45) is 13.3. The Kier molecular flexibility index (Phi) is 4.87. The van der Waals surface area contributed by atoms with Crippen LogP contribution in [0.1, 0.15) is 44.2 Å². The maximum atomic E-state index is 4.69. The molecule has 1 spiro atoms. The van der Waals surface area contributed by atoms with E-state index in [1.807, 2.05) is 0 Å². The maximum absolute atomic E-state index is 4.69. The van der Waals surface area contributed by atoms with Crippen LogP contribution in [0.2, 0.25) is 0 Å². The molecule has 0 atom stereocenters. The summed E-state index contributed by atoms with van der Waals surface area (Å²) in [5.41, 5.74) is 2.62. The minimum atomic E-state index is 0.642. The minimum absolute atomic E-state index is 0.642. The quantitative estimate of drug-likeness (QED) is 0.893. The molecule has 2 aromatic heterocycles. The number of aromatic nitrogens is 3. The van der Waals surface area contributed by atoms with Gasteiger partial charge in [-0.25, -0.2) is 4.98 Å². The van der Waals surface area contributed by atoms with Crippen molar-refractivity contribution in [1.82, 2.24) is 25.6 Å². The Balaban J connectivity index is 1.28. The highest BCUT2D eigenvalue weighted by molar-refractivity contribution is 7.13. The second-order valence-corrected chi connectivity index (χ2v) is 8.00. The highest BCUT2D eigenvalue weighted by Gasteiger charge is 2.35. The molecule has 0 radical (unpaired) electrons. The van der Waals surface area contributed by atoms with E-state index >= 15 is 0 Å². The van der Waals surface area contributed by atoms with Gasteiger partial charge < -0.3 is 10.6 Å². The Morgan fingerprint density at radius 2 is 2.00 bits per heavy atom. The number of piperidine rings is 1. The molecule has 4 rings (SSSR count). The van der Waals surface area contributed by atoms with Crippen molar-refractivity contribution < 1.29 is 0 Å². The molecule has 128 valence electrons. The zero-order valence-electron chi connectivity index (χ0n) is 14.0. The second-order valence-electron chi connectivity index (χ2n) is 7.14. The molecular formula is C18H25N5S. The standard InChI is InChI=1S/C18H25N5S/c1-3-18(5-7-19-8-6-18)4-2-14(1)22-11-15-13-24-17(23-15)16-12-20-9-10-21-16/h9-10,12-14,19,22H,1-8,11H2. The molecule has 2 N–H and O–H groups in total. The zero-order chi connectivity index (χ0) is 16.2. The predicted molar refractivity (Wildman–Crippen MR) is 96.8 cm³/mol. The molecule has 5 nitrogen and oxygen atoms in total. The summed E-state index contributed by atoms with van der Waals surface area (Å²) < 4.78 is 0. The predicted octanol–water partition coefficient (Wildman–Crippen LogP) is 3.00. The van der Waals surface area contributed by atoms with Crippen molar-refractivity contribution in [1.29, 1.82) is 0 Å². The van der Waals surface area contributed by atoms with Crippen LogP contribution >= 0.6 is 11.3 Å². The molecule has 0 amide bonds. The lowest BCUT2D eigenvalue weighted by atomic mass is 9.67. The molecule has 1 saturated heterocycles. The van der Waals surface area contributed by atoms with Crippen LogP contribution in [0.15, 0.2) is 24.0 Å². The van der Waals surface area contributed by atoms with E-state index in [-0.39, 0.29) is 0 Å². The Bertz CT molecular complexity index is 640. The van der Waals surface area contributed by atoms with E-state index in [1.54, 1.807) is 29.9 Å². The fourth-order valence-corrected chi connectivity index (χ4v) is 4.84. The van der Waals surface area contributed by atoms with E-state index < -0.39 is 0 Å². The Morgan fingerprint density at radius 3 is 2.75 bits per heavy atom. The summed E-state index contributed by atoms with van der Waals surface area (Å²) in [5.74, 6) is 0. The lowest BCUT2D eigenvalue weighted by Crippen LogP contribution is -2.43. The first-order valence-corrected chi connectivity index (χ1v) is 9.86. The van der Waals surface area contributed by atoms with Crippen molar-refractivity contribution in [2.75, 3.05) is 13.1 Å². The third kappa shape index (κ3) is 3.66. The number of nitrogens with zero attached hydrogens (tertiary/aromatic N) is 3. The van der Waals surface area contributed by atoms with E-state index in [0.717, 1.165) is 22.9 Å². The molecule has 0 unspecified atom stereocenters. The maximum Gasteiger partial charge on any atom is 0.143 e. The fraction of sp³-hybridized carbons (Fsp3) is 0.611. The largest absolute Gasteiger partial charge is 0.317 e. The van der Waals surface area contributed by atoms with Crippen LogP contribution in [0, 0.1) is 5.41 Å². The van der Waals surface area contributed by atoms with Gasteiger partial charge >= 0.3 is 0 Å². The molecular weight excluding hydrogens is 318 g/mol. The SMILES string of the molecule is c1cnc(-c2nc(CNC3CCC4(CCNCC4)CC3)cs2)cn1. The summed E-state index contributed by atoms with van der Waals surface area (Å²) in [4.78, 5) is 13.1. The number of thiazole rings is 1. The van der Waals surface area contributed by atoms with Crippen LogP contribution in [0.4, 0.5) is 0 Å². The Morgan fingerprint density at radius 1 is 1.17 bits per heavy atom. The molecule has 0 bridgehead atoms. The molecule has 0 aromatic carbocycles. The molecule has 3 heterocycles. The summed E-state index contributed by atoms with van der Waals surface area (Å²) in [6, 6.07) is 0.646. The molecule has 2 aromatic rings. The fourth-order valence-electron chi connectivity index (χ4n) is 4.06. The highest BCUT2D eigenvalue weighted by Crippen LogP contribution is 2.43. The van der Waals surface area contributed by atoms with Gasteiger partial charge in [0.2, 0.25) is 0 Å². The molecule has 1 saturated carbocycles. The van der Waals surface area contributed by atoms with Crippen molar-refractivity contribution in [2.45, 2.75) is 51.1 Å². The number of hydrogen-bond donors (Lipinski definition) is 2. The van der Waals surface area contributed by atoms with E-state index in [9.17, 15) is 0 Å². The monoisotopic (exact) mass is 343 g/mol. The highest BCUT2D eigenvalue weighted by atomic mass is 32.1. The third-order valence-electron chi connectivity index (χ3n) is 5.62. The van der Waals surface area contributed by atoms with E-state index in [0.29, 0.717) is 11.5 Å². The Labute approximate surface area is 147 Å². The van der Waals surface area contributed by atoms with E-state index in [4.69, 9.17) is 4.98 Å². The van der Waals surface area contributed by atoms with Crippen LogP contribution in [-0.2, 0) is 6.54 Å². The first-order chi connectivity index (χ1) is 11.8. The van der Waals surface area contributed by atoms with Crippen LogP contribution in [0.25, 0.3) is 10.7 Å². The average Bonchev–Trinajstić information content (AvgIpc) is 3.12. The van der Waals surface area contributed by atoms with Gasteiger partial charge in [0.05, 0.1) is 11.9 Å². The second kappa shape index (κ2) is 7.25. The first-order valence-electron chi connectivity index (χ1n) is 8.98. The van der Waals surface area contributed by atoms with E-state index in [2.05, 4.69) is 26.0 Å². The van der Waals surface area contributed by atoms with Gasteiger partial charge in [0, 0.05) is 30.4 Å². The molecule has 1 aliphatic heterocycles. The van der Waals surface area contributed by atoms with Crippen molar-refractivity contribution in [3.05, 3.63) is 29.7 Å². The van der Waals surface area contributed by atoms with Crippen LogP contribution in [0.5, 0.6) is 0 Å². The van der Waals surface area contributed by atoms with Gasteiger partial charge in [-0.1, -0.05) is 0 Å². The number of hydrogen-bond acceptors (Lipinski definition) is 6. The van der Waals surface area contributed by atoms with Gasteiger partial charge in [-0.15, -0.1) is 11.3 Å². The summed E-state index contributed by atoms with van der Waals surface area (Å²) in [7, 11) is 0. The van der Waals surface area contributed by atoms with Crippen molar-refractivity contribution in [2.24, 2.45) is 5.41 Å². The van der Waals surface area contributed by atoms with Crippen LogP contribution in [0.3, 0.4) is 0 Å². The molecule has 2 aliphatic rings. The van der Waals surface area contributed by atoms with Gasteiger partial charge in [0.1, 0.15) is 10.7 Å². The lowest BCUT2D eigenvalue weighted by Gasteiger charge is -2.43. The third-order valence-corrected chi connectivity index (χ3v) is 6.53.